The number of nitrogens with zero attached hydrogens (tertiary/aromatic N) is 1. The minimum absolute atomic E-state index is 0.151. The highest BCUT2D eigenvalue weighted by Gasteiger charge is 2.32. The predicted molar refractivity (Wildman–Crippen MR) is 153 cm³/mol. The van der Waals surface area contributed by atoms with Crippen molar-refractivity contribution in [2.24, 2.45) is 0 Å². The quantitative estimate of drug-likeness (QED) is 0.271. The molecule has 0 aliphatic carbocycles. The van der Waals surface area contributed by atoms with Gasteiger partial charge in [-0.1, -0.05) is 23.7 Å². The maximum Gasteiger partial charge on any atom is 0.412 e. The smallest absolute Gasteiger partial charge is 0.412 e. The van der Waals surface area contributed by atoms with E-state index in [4.69, 9.17) is 30.5 Å². The Morgan fingerprint density at radius 1 is 0.854 bits per heavy atom. The third-order valence-electron chi connectivity index (χ3n) is 5.39. The molecule has 41 heavy (non-hydrogen) atoms. The number of hydrogen-bond acceptors (Lipinski definition) is 8. The Labute approximate surface area is 245 Å². The largest absolute Gasteiger partial charge is 0.476 e. The third kappa shape index (κ3) is 12.4. The van der Waals surface area contributed by atoms with E-state index in [9.17, 15) is 19.2 Å². The van der Waals surface area contributed by atoms with Crippen molar-refractivity contribution in [3.05, 3.63) is 64.7 Å². The lowest BCUT2D eigenvalue weighted by atomic mass is 10.1. The summed E-state index contributed by atoms with van der Waals surface area (Å²) >= 11 is 5.85. The lowest BCUT2D eigenvalue weighted by Gasteiger charge is -2.24. The molecule has 2 N–H and O–H groups in total. The molecular weight excluding hydrogens is 554 g/mol. The van der Waals surface area contributed by atoms with E-state index in [2.05, 4.69) is 10.6 Å². The zero-order chi connectivity index (χ0) is 30.6. The minimum Gasteiger partial charge on any atom is -0.476 e. The summed E-state index contributed by atoms with van der Waals surface area (Å²) in [5.41, 5.74) is -0.489. The SMILES string of the molecule is CN(CCNC(=O)OC(C)(C)C)C(=O)OCOC(=O)C(C)(C)Oc1ccc(CCNC(=O)c2ccc(Cl)cc2)cc1. The third-order valence-corrected chi connectivity index (χ3v) is 5.65. The first-order valence-corrected chi connectivity index (χ1v) is 13.4. The fourth-order valence-electron chi connectivity index (χ4n) is 3.23. The molecule has 2 aromatic rings. The highest BCUT2D eigenvalue weighted by molar-refractivity contribution is 6.30. The van der Waals surface area contributed by atoms with Gasteiger partial charge in [0.05, 0.1) is 0 Å². The van der Waals surface area contributed by atoms with E-state index >= 15 is 0 Å². The molecule has 2 aromatic carbocycles. The Kier molecular flexibility index (Phi) is 12.3. The van der Waals surface area contributed by atoms with Gasteiger partial charge < -0.3 is 34.5 Å². The summed E-state index contributed by atoms with van der Waals surface area (Å²) in [6.07, 6.45) is -0.728. The first-order valence-electron chi connectivity index (χ1n) is 13.0. The lowest BCUT2D eigenvalue weighted by Crippen LogP contribution is -2.41. The van der Waals surface area contributed by atoms with Gasteiger partial charge >= 0.3 is 18.2 Å². The number of halogens is 1. The molecule has 0 radical (unpaired) electrons. The average Bonchev–Trinajstić information content (AvgIpc) is 2.88. The number of carbonyl (C=O) groups excluding carboxylic acids is 4. The first kappa shape index (κ1) is 33.2. The molecular formula is C29H38ClN3O8. The van der Waals surface area contributed by atoms with Gasteiger partial charge in [-0.15, -0.1) is 0 Å². The Morgan fingerprint density at radius 3 is 2.10 bits per heavy atom. The fraction of sp³-hybridized carbons (Fsp3) is 0.448. The number of carbonyl (C=O) groups is 4. The highest BCUT2D eigenvalue weighted by Crippen LogP contribution is 2.20. The molecule has 0 unspecified atom stereocenters. The molecule has 0 saturated heterocycles. The van der Waals surface area contributed by atoms with Crippen molar-refractivity contribution in [2.75, 3.05) is 33.5 Å². The number of nitrogens with one attached hydrogen (secondary N) is 2. The molecule has 224 valence electrons. The van der Waals surface area contributed by atoms with Gasteiger partial charge in [0.25, 0.3) is 5.91 Å². The summed E-state index contributed by atoms with van der Waals surface area (Å²) in [6, 6.07) is 13.7. The standard InChI is InChI=1S/C29H38ClN3O8/c1-28(2,3)41-26(36)32-17-18-33(6)27(37)39-19-38-25(35)29(4,5)40-23-13-7-20(8-14-23)15-16-31-24(34)21-9-11-22(30)12-10-21/h7-14H,15-19H2,1-6H3,(H,31,34)(H,32,36). The number of esters is 1. The predicted octanol–water partition coefficient (Wildman–Crippen LogP) is 4.56. The summed E-state index contributed by atoms with van der Waals surface area (Å²) in [5.74, 6) is -0.474. The minimum atomic E-state index is -1.36. The van der Waals surface area contributed by atoms with E-state index in [-0.39, 0.29) is 19.0 Å². The lowest BCUT2D eigenvalue weighted by molar-refractivity contribution is -0.168. The van der Waals surface area contributed by atoms with Gasteiger partial charge in [0, 0.05) is 37.3 Å². The van der Waals surface area contributed by atoms with Crippen LogP contribution in [0.15, 0.2) is 48.5 Å². The van der Waals surface area contributed by atoms with Crippen molar-refractivity contribution < 1.29 is 38.1 Å². The van der Waals surface area contributed by atoms with Crippen LogP contribution in [-0.2, 0) is 25.4 Å². The Balaban J connectivity index is 1.70. The van der Waals surface area contributed by atoms with Crippen LogP contribution in [0.4, 0.5) is 9.59 Å². The van der Waals surface area contributed by atoms with Gasteiger partial charge in [0.1, 0.15) is 11.4 Å². The van der Waals surface area contributed by atoms with E-state index in [0.717, 1.165) is 5.56 Å². The molecule has 11 nitrogen and oxygen atoms in total. The summed E-state index contributed by atoms with van der Waals surface area (Å²) in [5, 5.41) is 5.96. The fourth-order valence-corrected chi connectivity index (χ4v) is 3.36. The second kappa shape index (κ2) is 15.1. The summed E-state index contributed by atoms with van der Waals surface area (Å²) < 4.78 is 20.9. The number of likely N-dealkylation sites (N-methyl/N-ethyl adjacent to an activating group) is 1. The van der Waals surface area contributed by atoms with Gasteiger partial charge in [-0.2, -0.15) is 0 Å². The Bertz CT molecular complexity index is 1180. The average molecular weight is 592 g/mol. The number of hydrogen-bond donors (Lipinski definition) is 2. The second-order valence-corrected chi connectivity index (χ2v) is 11.0. The van der Waals surface area contributed by atoms with Crippen LogP contribution < -0.4 is 15.4 Å². The van der Waals surface area contributed by atoms with Crippen molar-refractivity contribution in [3.63, 3.8) is 0 Å². The molecule has 0 bridgehead atoms. The molecule has 0 fully saturated rings. The van der Waals surface area contributed by atoms with Gasteiger partial charge in [-0.25, -0.2) is 14.4 Å². The number of rotatable bonds is 12. The van der Waals surface area contributed by atoms with Crippen LogP contribution in [0.1, 0.15) is 50.5 Å². The van der Waals surface area contributed by atoms with Crippen LogP contribution in [0.5, 0.6) is 5.75 Å². The normalized spacial score (nSPS) is 11.2. The van der Waals surface area contributed by atoms with Gasteiger partial charge in [-0.05, 0) is 83.0 Å². The zero-order valence-electron chi connectivity index (χ0n) is 24.2. The zero-order valence-corrected chi connectivity index (χ0v) is 25.0. The van der Waals surface area contributed by atoms with Crippen LogP contribution >= 0.6 is 11.6 Å². The van der Waals surface area contributed by atoms with Crippen LogP contribution in [0.2, 0.25) is 5.02 Å². The maximum absolute atomic E-state index is 12.5. The number of amides is 3. The molecule has 0 saturated carbocycles. The summed E-state index contributed by atoms with van der Waals surface area (Å²) in [6.45, 7) is 8.45. The van der Waals surface area contributed by atoms with Gasteiger partial charge in [-0.3, -0.25) is 4.79 Å². The van der Waals surface area contributed by atoms with Gasteiger partial charge in [0.2, 0.25) is 6.79 Å². The van der Waals surface area contributed by atoms with Crippen molar-refractivity contribution >= 4 is 35.7 Å². The molecule has 2 rings (SSSR count). The van der Waals surface area contributed by atoms with E-state index in [1.54, 1.807) is 57.2 Å². The number of alkyl carbamates (subject to hydrolysis) is 1. The van der Waals surface area contributed by atoms with Crippen LogP contribution in [0.3, 0.4) is 0 Å². The van der Waals surface area contributed by atoms with E-state index < -0.39 is 36.2 Å². The Morgan fingerprint density at radius 2 is 1.49 bits per heavy atom. The van der Waals surface area contributed by atoms with Crippen molar-refractivity contribution in [1.29, 1.82) is 0 Å². The molecule has 12 heteroatoms. The number of benzene rings is 2. The molecule has 0 aliphatic heterocycles. The van der Waals surface area contributed by atoms with Gasteiger partial charge in [0.15, 0.2) is 5.60 Å². The van der Waals surface area contributed by atoms with Crippen LogP contribution in [-0.4, -0.2) is 73.6 Å². The van der Waals surface area contributed by atoms with Crippen LogP contribution in [0, 0.1) is 0 Å². The summed E-state index contributed by atoms with van der Waals surface area (Å²) in [7, 11) is 1.48. The van der Waals surface area contributed by atoms with E-state index in [1.165, 1.54) is 25.8 Å². The molecule has 0 spiro atoms. The van der Waals surface area contributed by atoms with Crippen molar-refractivity contribution in [1.82, 2.24) is 15.5 Å². The molecule has 0 atom stereocenters. The van der Waals surface area contributed by atoms with Crippen molar-refractivity contribution in [2.45, 2.75) is 52.2 Å². The maximum atomic E-state index is 12.5. The highest BCUT2D eigenvalue weighted by atomic mass is 35.5. The molecule has 0 aromatic heterocycles. The van der Waals surface area contributed by atoms with Crippen LogP contribution in [0.25, 0.3) is 0 Å². The first-order chi connectivity index (χ1) is 19.2. The van der Waals surface area contributed by atoms with E-state index in [0.29, 0.717) is 29.3 Å². The van der Waals surface area contributed by atoms with E-state index in [1.807, 2.05) is 12.1 Å². The Hall–Kier alpha value is -3.99. The molecule has 3 amide bonds. The molecule has 0 aliphatic rings. The summed E-state index contributed by atoms with van der Waals surface area (Å²) in [4.78, 5) is 49.7. The monoisotopic (exact) mass is 591 g/mol. The van der Waals surface area contributed by atoms with Crippen molar-refractivity contribution in [3.8, 4) is 5.75 Å². The molecule has 0 heterocycles. The second-order valence-electron chi connectivity index (χ2n) is 10.6. The topological polar surface area (TPSA) is 133 Å². The number of ether oxygens (including phenoxy) is 4.